The number of hydrogen-bond acceptors (Lipinski definition) is 3. The van der Waals surface area contributed by atoms with Crippen LogP contribution in [0.2, 0.25) is 0 Å². The SMILES string of the molecule is Cc1ccccc1CS(=O)(=O)c1ccc2ccccc2n1. The molecule has 0 atom stereocenters. The Kier molecular flexibility index (Phi) is 3.47. The molecule has 0 spiro atoms. The van der Waals surface area contributed by atoms with Crippen LogP contribution < -0.4 is 0 Å². The molecule has 3 aromatic rings. The monoisotopic (exact) mass is 297 g/mol. The van der Waals surface area contributed by atoms with E-state index in [2.05, 4.69) is 4.98 Å². The van der Waals surface area contributed by atoms with E-state index in [0.29, 0.717) is 5.52 Å². The fraction of sp³-hybridized carbons (Fsp3) is 0.118. The predicted octanol–water partition coefficient (Wildman–Crippen LogP) is 3.52. The number of hydrogen-bond donors (Lipinski definition) is 0. The van der Waals surface area contributed by atoms with Gasteiger partial charge in [0.15, 0.2) is 14.9 Å². The van der Waals surface area contributed by atoms with E-state index in [1.807, 2.05) is 55.5 Å². The number of para-hydroxylation sites is 1. The van der Waals surface area contributed by atoms with E-state index < -0.39 is 9.84 Å². The van der Waals surface area contributed by atoms with Crippen molar-refractivity contribution in [1.29, 1.82) is 0 Å². The molecule has 1 heterocycles. The summed E-state index contributed by atoms with van der Waals surface area (Å²) in [6, 6.07) is 18.4. The molecule has 21 heavy (non-hydrogen) atoms. The molecule has 3 rings (SSSR count). The summed E-state index contributed by atoms with van der Waals surface area (Å²) < 4.78 is 25.1. The Morgan fingerprint density at radius 1 is 0.905 bits per heavy atom. The highest BCUT2D eigenvalue weighted by Crippen LogP contribution is 2.20. The molecular weight excluding hydrogens is 282 g/mol. The first-order valence-corrected chi connectivity index (χ1v) is 8.34. The van der Waals surface area contributed by atoms with Gasteiger partial charge in [-0.1, -0.05) is 42.5 Å². The van der Waals surface area contributed by atoms with Crippen LogP contribution in [0.1, 0.15) is 11.1 Å². The van der Waals surface area contributed by atoms with E-state index >= 15 is 0 Å². The first-order chi connectivity index (χ1) is 10.1. The molecule has 0 amide bonds. The number of nitrogens with zero attached hydrogens (tertiary/aromatic N) is 1. The maximum atomic E-state index is 12.5. The maximum absolute atomic E-state index is 12.5. The van der Waals surface area contributed by atoms with Gasteiger partial charge in [0.05, 0.1) is 11.3 Å². The van der Waals surface area contributed by atoms with Crippen molar-refractivity contribution in [1.82, 2.24) is 4.98 Å². The lowest BCUT2D eigenvalue weighted by Crippen LogP contribution is -2.08. The third kappa shape index (κ3) is 2.81. The number of benzene rings is 2. The lowest BCUT2D eigenvalue weighted by molar-refractivity contribution is 0.592. The molecule has 106 valence electrons. The van der Waals surface area contributed by atoms with E-state index in [-0.39, 0.29) is 10.8 Å². The van der Waals surface area contributed by atoms with Crippen LogP contribution in [-0.4, -0.2) is 13.4 Å². The van der Waals surface area contributed by atoms with Gasteiger partial charge in [0, 0.05) is 5.39 Å². The maximum Gasteiger partial charge on any atom is 0.199 e. The summed E-state index contributed by atoms with van der Waals surface area (Å²) in [5.74, 6) is -0.0228. The Labute approximate surface area is 124 Å². The molecule has 0 radical (unpaired) electrons. The van der Waals surface area contributed by atoms with Crippen LogP contribution in [0.5, 0.6) is 0 Å². The highest BCUT2D eigenvalue weighted by molar-refractivity contribution is 7.90. The fourth-order valence-electron chi connectivity index (χ4n) is 2.27. The summed E-state index contributed by atoms with van der Waals surface area (Å²) in [5, 5.41) is 1.07. The minimum atomic E-state index is -3.44. The van der Waals surface area contributed by atoms with Crippen LogP contribution in [0.3, 0.4) is 0 Å². The number of aryl methyl sites for hydroxylation is 1. The summed E-state index contributed by atoms with van der Waals surface area (Å²) in [5.41, 5.74) is 2.48. The molecule has 0 fully saturated rings. The van der Waals surface area contributed by atoms with Crippen LogP contribution in [0.15, 0.2) is 65.7 Å². The van der Waals surface area contributed by atoms with E-state index in [1.54, 1.807) is 12.1 Å². The summed E-state index contributed by atoms with van der Waals surface area (Å²) in [7, 11) is -3.44. The lowest BCUT2D eigenvalue weighted by Gasteiger charge is -2.07. The second-order valence-electron chi connectivity index (χ2n) is 5.03. The molecule has 0 unspecified atom stereocenters. The average Bonchev–Trinajstić information content (AvgIpc) is 2.49. The van der Waals surface area contributed by atoms with Crippen molar-refractivity contribution in [2.45, 2.75) is 17.7 Å². The van der Waals surface area contributed by atoms with Crippen molar-refractivity contribution in [2.75, 3.05) is 0 Å². The number of rotatable bonds is 3. The van der Waals surface area contributed by atoms with Crippen LogP contribution in [0.4, 0.5) is 0 Å². The molecule has 0 aliphatic heterocycles. The molecule has 0 saturated carbocycles. The Balaban J connectivity index is 2.02. The number of pyridine rings is 1. The minimum absolute atomic E-state index is 0.0228. The highest BCUT2D eigenvalue weighted by atomic mass is 32.2. The van der Waals surface area contributed by atoms with Gasteiger partial charge < -0.3 is 0 Å². The Morgan fingerprint density at radius 2 is 1.62 bits per heavy atom. The van der Waals surface area contributed by atoms with Crippen molar-refractivity contribution in [2.24, 2.45) is 0 Å². The summed E-state index contributed by atoms with van der Waals surface area (Å²) >= 11 is 0. The van der Waals surface area contributed by atoms with Gasteiger partial charge in [-0.15, -0.1) is 0 Å². The smallest absolute Gasteiger partial charge is 0.199 e. The van der Waals surface area contributed by atoms with Crippen molar-refractivity contribution in [3.05, 3.63) is 71.8 Å². The van der Waals surface area contributed by atoms with Crippen molar-refractivity contribution >= 4 is 20.7 Å². The molecule has 1 aromatic heterocycles. The minimum Gasteiger partial charge on any atom is -0.236 e. The van der Waals surface area contributed by atoms with Gasteiger partial charge >= 0.3 is 0 Å². The van der Waals surface area contributed by atoms with Gasteiger partial charge in [0.1, 0.15) is 0 Å². The molecule has 3 nitrogen and oxygen atoms in total. The lowest BCUT2D eigenvalue weighted by atomic mass is 10.1. The van der Waals surface area contributed by atoms with E-state index in [4.69, 9.17) is 0 Å². The highest BCUT2D eigenvalue weighted by Gasteiger charge is 2.18. The zero-order valence-corrected chi connectivity index (χ0v) is 12.5. The summed E-state index contributed by atoms with van der Waals surface area (Å²) in [4.78, 5) is 4.28. The molecule has 0 N–H and O–H groups in total. The third-order valence-corrected chi connectivity index (χ3v) is 5.05. The second-order valence-corrected chi connectivity index (χ2v) is 6.96. The third-order valence-electron chi connectivity index (χ3n) is 3.50. The summed E-state index contributed by atoms with van der Waals surface area (Å²) in [6.45, 7) is 1.92. The van der Waals surface area contributed by atoms with Gasteiger partial charge in [-0.2, -0.15) is 0 Å². The molecule has 0 aliphatic carbocycles. The van der Waals surface area contributed by atoms with Gasteiger partial charge in [0.25, 0.3) is 0 Å². The van der Waals surface area contributed by atoms with Crippen molar-refractivity contribution in [3.63, 3.8) is 0 Å². The molecule has 0 aliphatic rings. The molecule has 0 saturated heterocycles. The van der Waals surface area contributed by atoms with E-state index in [9.17, 15) is 8.42 Å². The molecule has 4 heteroatoms. The summed E-state index contributed by atoms with van der Waals surface area (Å²) in [6.07, 6.45) is 0. The van der Waals surface area contributed by atoms with Crippen molar-refractivity contribution in [3.8, 4) is 0 Å². The number of fused-ring (bicyclic) bond motifs is 1. The van der Waals surface area contributed by atoms with Gasteiger partial charge in [-0.25, -0.2) is 13.4 Å². The fourth-order valence-corrected chi connectivity index (χ4v) is 3.67. The first-order valence-electron chi connectivity index (χ1n) is 6.69. The Morgan fingerprint density at radius 3 is 2.43 bits per heavy atom. The Hall–Kier alpha value is -2.20. The average molecular weight is 297 g/mol. The first kappa shape index (κ1) is 13.8. The number of sulfone groups is 1. The Bertz CT molecular complexity index is 901. The van der Waals surface area contributed by atoms with E-state index in [0.717, 1.165) is 16.5 Å². The molecular formula is C17H15NO2S. The molecule has 0 bridgehead atoms. The van der Waals surface area contributed by atoms with Crippen LogP contribution >= 0.6 is 0 Å². The van der Waals surface area contributed by atoms with Gasteiger partial charge in [-0.05, 0) is 36.2 Å². The van der Waals surface area contributed by atoms with Crippen LogP contribution in [-0.2, 0) is 15.6 Å². The van der Waals surface area contributed by atoms with Gasteiger partial charge in [-0.3, -0.25) is 0 Å². The zero-order valence-electron chi connectivity index (χ0n) is 11.7. The molecule has 2 aromatic carbocycles. The van der Waals surface area contributed by atoms with Crippen molar-refractivity contribution < 1.29 is 8.42 Å². The number of aromatic nitrogens is 1. The second kappa shape index (κ2) is 5.30. The standard InChI is InChI=1S/C17H15NO2S/c1-13-6-2-3-8-15(13)12-21(19,20)17-11-10-14-7-4-5-9-16(14)18-17/h2-11H,12H2,1H3. The van der Waals surface area contributed by atoms with Gasteiger partial charge in [0.2, 0.25) is 0 Å². The topological polar surface area (TPSA) is 47.0 Å². The van der Waals surface area contributed by atoms with Crippen LogP contribution in [0, 0.1) is 6.92 Å². The largest absolute Gasteiger partial charge is 0.236 e. The van der Waals surface area contributed by atoms with E-state index in [1.165, 1.54) is 0 Å². The quantitative estimate of drug-likeness (QED) is 0.743. The predicted molar refractivity (Wildman–Crippen MR) is 83.8 cm³/mol. The van der Waals surface area contributed by atoms with Crippen LogP contribution in [0.25, 0.3) is 10.9 Å². The normalized spacial score (nSPS) is 11.7. The zero-order chi connectivity index (χ0) is 14.9.